The van der Waals surface area contributed by atoms with Crippen LogP contribution >= 0.6 is 0 Å². The fourth-order valence-corrected chi connectivity index (χ4v) is 2.47. The fourth-order valence-electron chi connectivity index (χ4n) is 2.47. The second kappa shape index (κ2) is 5.57. The topological polar surface area (TPSA) is 29.9 Å². The minimum atomic E-state index is 0.477. The molecule has 0 aliphatic heterocycles. The summed E-state index contributed by atoms with van der Waals surface area (Å²) in [4.78, 5) is 4.27. The normalized spacial score (nSPS) is 16.5. The highest BCUT2D eigenvalue weighted by Crippen LogP contribution is 2.35. The fraction of sp³-hybridized carbons (Fsp3) is 0.438. The molecule has 1 fully saturated rings. The van der Waals surface area contributed by atoms with Crippen LogP contribution in [0.25, 0.3) is 0 Å². The molecule has 1 aromatic heterocycles. The van der Waals surface area contributed by atoms with E-state index >= 15 is 0 Å². The molecule has 0 bridgehead atoms. The third-order valence-electron chi connectivity index (χ3n) is 3.70. The van der Waals surface area contributed by atoms with Gasteiger partial charge in [0.25, 0.3) is 0 Å². The van der Waals surface area contributed by atoms with Crippen molar-refractivity contribution in [3.05, 3.63) is 54.1 Å². The number of benzene rings is 1. The Morgan fingerprint density at radius 1 is 1.32 bits per heavy atom. The number of hydrogen-bond acceptors (Lipinski definition) is 2. The summed E-state index contributed by atoms with van der Waals surface area (Å²) in [6.07, 6.45) is 7.64. The van der Waals surface area contributed by atoms with Crippen molar-refractivity contribution < 1.29 is 0 Å². The molecule has 100 valence electrons. The highest BCUT2D eigenvalue weighted by Gasteiger charge is 2.25. The highest BCUT2D eigenvalue weighted by atomic mass is 15.1. The molecule has 0 saturated heterocycles. The lowest BCUT2D eigenvalue weighted by Gasteiger charge is -2.15. The summed E-state index contributed by atoms with van der Waals surface area (Å²) in [6.45, 7) is 3.15. The Balaban J connectivity index is 1.52. The standard InChI is InChI=1S/C16H21N3/c1-13(9-14-5-3-2-4-6-14)18-11-16-10-17-12-19(16)15-7-8-15/h2-6,10,12-13,15,18H,7-9,11H2,1H3. The third kappa shape index (κ3) is 3.24. The van der Waals surface area contributed by atoms with Gasteiger partial charge in [-0.3, -0.25) is 0 Å². The summed E-state index contributed by atoms with van der Waals surface area (Å²) in [5, 5.41) is 3.60. The van der Waals surface area contributed by atoms with E-state index in [2.05, 4.69) is 52.1 Å². The van der Waals surface area contributed by atoms with Crippen LogP contribution in [-0.2, 0) is 13.0 Å². The Labute approximate surface area is 114 Å². The quantitative estimate of drug-likeness (QED) is 0.860. The van der Waals surface area contributed by atoms with E-state index in [1.54, 1.807) is 0 Å². The maximum Gasteiger partial charge on any atom is 0.0951 e. The maximum absolute atomic E-state index is 4.27. The van der Waals surface area contributed by atoms with Gasteiger partial charge in [0.15, 0.2) is 0 Å². The largest absolute Gasteiger partial charge is 0.330 e. The molecule has 0 amide bonds. The van der Waals surface area contributed by atoms with Crippen LogP contribution in [0.1, 0.15) is 37.1 Å². The number of hydrogen-bond donors (Lipinski definition) is 1. The first-order valence-corrected chi connectivity index (χ1v) is 7.11. The van der Waals surface area contributed by atoms with Crippen LogP contribution in [0.15, 0.2) is 42.9 Å². The average molecular weight is 255 g/mol. The van der Waals surface area contributed by atoms with E-state index in [1.165, 1.54) is 24.1 Å². The number of imidazole rings is 1. The molecule has 3 rings (SSSR count). The van der Waals surface area contributed by atoms with Gasteiger partial charge in [0.05, 0.1) is 12.0 Å². The van der Waals surface area contributed by atoms with Gasteiger partial charge < -0.3 is 9.88 Å². The van der Waals surface area contributed by atoms with E-state index in [0.29, 0.717) is 12.1 Å². The zero-order valence-electron chi connectivity index (χ0n) is 11.4. The van der Waals surface area contributed by atoms with Crippen LogP contribution in [0.3, 0.4) is 0 Å². The van der Waals surface area contributed by atoms with Crippen molar-refractivity contribution in [3.63, 3.8) is 0 Å². The first-order valence-electron chi connectivity index (χ1n) is 7.11. The Kier molecular flexibility index (Phi) is 3.65. The molecule has 1 heterocycles. The van der Waals surface area contributed by atoms with Gasteiger partial charge in [-0.1, -0.05) is 30.3 Å². The molecule has 3 nitrogen and oxygen atoms in total. The second-order valence-corrected chi connectivity index (χ2v) is 5.50. The molecular weight excluding hydrogens is 234 g/mol. The Hall–Kier alpha value is -1.61. The Morgan fingerprint density at radius 3 is 2.84 bits per heavy atom. The molecule has 0 spiro atoms. The van der Waals surface area contributed by atoms with Crippen molar-refractivity contribution in [2.45, 2.75) is 44.8 Å². The highest BCUT2D eigenvalue weighted by molar-refractivity contribution is 5.15. The predicted octanol–water partition coefficient (Wildman–Crippen LogP) is 2.94. The molecule has 1 atom stereocenters. The van der Waals surface area contributed by atoms with Crippen molar-refractivity contribution >= 4 is 0 Å². The van der Waals surface area contributed by atoms with Crippen LogP contribution in [0, 0.1) is 0 Å². The number of nitrogens with one attached hydrogen (secondary N) is 1. The lowest BCUT2D eigenvalue weighted by atomic mass is 10.1. The zero-order valence-corrected chi connectivity index (χ0v) is 11.4. The van der Waals surface area contributed by atoms with Crippen LogP contribution in [-0.4, -0.2) is 15.6 Å². The molecule has 1 N–H and O–H groups in total. The molecular formula is C16H21N3. The monoisotopic (exact) mass is 255 g/mol. The molecule has 1 unspecified atom stereocenters. The molecule has 1 aromatic carbocycles. The average Bonchev–Trinajstić information content (AvgIpc) is 3.16. The summed E-state index contributed by atoms with van der Waals surface area (Å²) in [5.41, 5.74) is 2.70. The van der Waals surface area contributed by atoms with Crippen LogP contribution < -0.4 is 5.32 Å². The molecule has 2 aromatic rings. The Morgan fingerprint density at radius 2 is 2.11 bits per heavy atom. The predicted molar refractivity (Wildman–Crippen MR) is 76.9 cm³/mol. The van der Waals surface area contributed by atoms with E-state index in [4.69, 9.17) is 0 Å². The number of nitrogens with zero attached hydrogens (tertiary/aromatic N) is 2. The van der Waals surface area contributed by atoms with Crippen molar-refractivity contribution in [2.24, 2.45) is 0 Å². The van der Waals surface area contributed by atoms with Gasteiger partial charge in [-0.25, -0.2) is 4.98 Å². The first-order chi connectivity index (χ1) is 9.33. The van der Waals surface area contributed by atoms with Gasteiger partial charge in [0.2, 0.25) is 0 Å². The van der Waals surface area contributed by atoms with Crippen LogP contribution in [0.2, 0.25) is 0 Å². The summed E-state index contributed by atoms with van der Waals surface area (Å²) in [6, 6.07) is 11.8. The molecule has 0 radical (unpaired) electrons. The van der Waals surface area contributed by atoms with Gasteiger partial charge in [0, 0.05) is 24.8 Å². The van der Waals surface area contributed by atoms with Crippen molar-refractivity contribution in [2.75, 3.05) is 0 Å². The van der Waals surface area contributed by atoms with Crippen molar-refractivity contribution in [1.29, 1.82) is 0 Å². The minimum absolute atomic E-state index is 0.477. The number of aromatic nitrogens is 2. The zero-order chi connectivity index (χ0) is 13.1. The van der Waals surface area contributed by atoms with Crippen LogP contribution in [0.5, 0.6) is 0 Å². The summed E-state index contributed by atoms with van der Waals surface area (Å²) < 4.78 is 2.32. The first kappa shape index (κ1) is 12.4. The van der Waals surface area contributed by atoms with E-state index in [1.807, 2.05) is 12.5 Å². The van der Waals surface area contributed by atoms with Gasteiger partial charge in [-0.05, 0) is 31.7 Å². The van der Waals surface area contributed by atoms with Gasteiger partial charge in [-0.2, -0.15) is 0 Å². The minimum Gasteiger partial charge on any atom is -0.330 e. The van der Waals surface area contributed by atoms with Gasteiger partial charge in [0.1, 0.15) is 0 Å². The van der Waals surface area contributed by atoms with Gasteiger partial charge in [-0.15, -0.1) is 0 Å². The van der Waals surface area contributed by atoms with Crippen molar-refractivity contribution in [3.8, 4) is 0 Å². The molecule has 1 saturated carbocycles. The van der Waals surface area contributed by atoms with Crippen LogP contribution in [0.4, 0.5) is 0 Å². The molecule has 3 heteroatoms. The lowest BCUT2D eigenvalue weighted by molar-refractivity contribution is 0.525. The van der Waals surface area contributed by atoms with Gasteiger partial charge >= 0.3 is 0 Å². The lowest BCUT2D eigenvalue weighted by Crippen LogP contribution is -2.28. The maximum atomic E-state index is 4.27. The van der Waals surface area contributed by atoms with E-state index < -0.39 is 0 Å². The van der Waals surface area contributed by atoms with E-state index in [0.717, 1.165) is 13.0 Å². The SMILES string of the molecule is CC(Cc1ccccc1)NCc1cncn1C1CC1. The number of rotatable bonds is 6. The summed E-state index contributed by atoms with van der Waals surface area (Å²) in [7, 11) is 0. The Bertz CT molecular complexity index is 514. The third-order valence-corrected chi connectivity index (χ3v) is 3.70. The molecule has 1 aliphatic rings. The summed E-state index contributed by atoms with van der Waals surface area (Å²) in [5.74, 6) is 0. The van der Waals surface area contributed by atoms with E-state index in [9.17, 15) is 0 Å². The smallest absolute Gasteiger partial charge is 0.0951 e. The summed E-state index contributed by atoms with van der Waals surface area (Å²) >= 11 is 0. The van der Waals surface area contributed by atoms with E-state index in [-0.39, 0.29) is 0 Å². The second-order valence-electron chi connectivity index (χ2n) is 5.50. The molecule has 19 heavy (non-hydrogen) atoms. The van der Waals surface area contributed by atoms with Crippen molar-refractivity contribution in [1.82, 2.24) is 14.9 Å². The molecule has 1 aliphatic carbocycles.